The van der Waals surface area contributed by atoms with Gasteiger partial charge in [-0.2, -0.15) is 0 Å². The van der Waals surface area contributed by atoms with Gasteiger partial charge >= 0.3 is 12.0 Å². The first-order chi connectivity index (χ1) is 25.3. The number of urea groups is 1. The Labute approximate surface area is 308 Å². The first-order valence-corrected chi connectivity index (χ1v) is 18.3. The van der Waals surface area contributed by atoms with Crippen LogP contribution in [0.2, 0.25) is 0 Å². The number of carbonyl (C=O) groups excluding carboxylic acids is 1. The van der Waals surface area contributed by atoms with Gasteiger partial charge in [-0.25, -0.2) is 19.6 Å². The lowest BCUT2D eigenvalue weighted by Crippen LogP contribution is -2.37. The lowest BCUT2D eigenvalue weighted by molar-refractivity contribution is 0.0695. The number of rotatable bonds is 11. The number of hydrogen-bond acceptors (Lipinski definition) is 9. The maximum absolute atomic E-state index is 12.8. The minimum atomic E-state index is -1.32. The second-order valence-corrected chi connectivity index (χ2v) is 12.7. The molecule has 1 aromatic carbocycles. The third kappa shape index (κ3) is 10.3. The van der Waals surface area contributed by atoms with Crippen LogP contribution in [0.15, 0.2) is 71.2 Å². The van der Waals surface area contributed by atoms with E-state index >= 15 is 0 Å². The highest BCUT2D eigenvalue weighted by atomic mass is 32.1. The van der Waals surface area contributed by atoms with Crippen molar-refractivity contribution in [3.8, 4) is 45.9 Å². The number of thiazole rings is 1. The van der Waals surface area contributed by atoms with Gasteiger partial charge in [0, 0.05) is 54.1 Å². The summed E-state index contributed by atoms with van der Waals surface area (Å²) in [7, 11) is 0. The fourth-order valence-electron chi connectivity index (χ4n) is 5.80. The number of likely N-dealkylation sites (tertiary alicyclic amines) is 1. The summed E-state index contributed by atoms with van der Waals surface area (Å²) in [5, 5.41) is 17.5. The summed E-state index contributed by atoms with van der Waals surface area (Å²) in [5.74, 6) is -1.01. The number of aromatic nitrogens is 4. The van der Waals surface area contributed by atoms with Crippen molar-refractivity contribution >= 4 is 40.1 Å². The SMILES string of the molecule is C#C.CCN(CC)CCN1CCCCC1.CCNC(=O)Nc1cc(-c2nc(-c3ccccc3)cs2)c(-c2cc3c(=O)c(C(=O)O)c[nH]c3cn2)cn1. The van der Waals surface area contributed by atoms with Gasteiger partial charge in [0.15, 0.2) is 0 Å². The van der Waals surface area contributed by atoms with Gasteiger partial charge in [-0.1, -0.05) is 50.6 Å². The number of carboxylic acids is 1. The van der Waals surface area contributed by atoms with Crippen molar-refractivity contribution in [2.45, 2.75) is 40.0 Å². The summed E-state index contributed by atoms with van der Waals surface area (Å²) < 4.78 is 0. The second-order valence-electron chi connectivity index (χ2n) is 11.9. The van der Waals surface area contributed by atoms with Crippen molar-refractivity contribution in [3.05, 3.63) is 82.2 Å². The number of H-pyrrole nitrogens is 1. The van der Waals surface area contributed by atoms with Gasteiger partial charge in [0.2, 0.25) is 5.43 Å². The maximum atomic E-state index is 12.8. The molecule has 4 N–H and O–H groups in total. The maximum Gasteiger partial charge on any atom is 0.341 e. The number of pyridine rings is 3. The lowest BCUT2D eigenvalue weighted by Gasteiger charge is -2.29. The van der Waals surface area contributed by atoms with E-state index in [0.717, 1.165) is 17.5 Å². The van der Waals surface area contributed by atoms with Gasteiger partial charge in [0.1, 0.15) is 16.4 Å². The number of carboxylic acid groups (broad SMARTS) is 1. The molecule has 272 valence electrons. The Hall–Kier alpha value is -5.42. The molecule has 1 fully saturated rings. The van der Waals surface area contributed by atoms with E-state index in [1.807, 2.05) is 42.6 Å². The number of amides is 2. The van der Waals surface area contributed by atoms with Gasteiger partial charge in [0.05, 0.1) is 28.5 Å². The molecule has 12 nitrogen and oxygen atoms in total. The fraction of sp³-hybridized carbons (Fsp3) is 0.333. The third-order valence-electron chi connectivity index (χ3n) is 8.63. The van der Waals surface area contributed by atoms with Crippen molar-refractivity contribution < 1.29 is 14.7 Å². The summed E-state index contributed by atoms with van der Waals surface area (Å²) in [4.78, 5) is 57.9. The number of nitrogens with one attached hydrogen (secondary N) is 3. The number of nitrogens with zero attached hydrogens (tertiary/aromatic N) is 5. The topological polar surface area (TPSA) is 156 Å². The van der Waals surface area contributed by atoms with Gasteiger partial charge in [-0.05, 0) is 58.1 Å². The van der Waals surface area contributed by atoms with E-state index in [1.54, 1.807) is 12.3 Å². The van der Waals surface area contributed by atoms with Crippen LogP contribution in [0.1, 0.15) is 50.4 Å². The normalized spacial score (nSPS) is 12.7. The van der Waals surface area contributed by atoms with Crippen molar-refractivity contribution in [1.29, 1.82) is 0 Å². The summed E-state index contributed by atoms with van der Waals surface area (Å²) in [6, 6.07) is 12.6. The van der Waals surface area contributed by atoms with Gasteiger partial charge < -0.3 is 25.2 Å². The smallest absolute Gasteiger partial charge is 0.341 e. The molecule has 52 heavy (non-hydrogen) atoms. The number of aromatic carboxylic acids is 1. The van der Waals surface area contributed by atoms with E-state index in [-0.39, 0.29) is 10.9 Å². The van der Waals surface area contributed by atoms with Gasteiger partial charge in [-0.15, -0.1) is 24.2 Å². The Balaban J connectivity index is 0.000000340. The Morgan fingerprint density at radius 3 is 2.38 bits per heavy atom. The van der Waals surface area contributed by atoms with Crippen LogP contribution in [0.3, 0.4) is 0 Å². The molecule has 0 spiro atoms. The molecule has 5 heterocycles. The number of hydrogen-bond donors (Lipinski definition) is 4. The van der Waals surface area contributed by atoms with Crippen LogP contribution in [0.5, 0.6) is 0 Å². The molecule has 1 aliphatic heterocycles. The minimum Gasteiger partial charge on any atom is -0.477 e. The number of likely N-dealkylation sites (N-methyl/N-ethyl adjacent to an activating group) is 1. The molecule has 0 atom stereocenters. The quantitative estimate of drug-likeness (QED) is 0.109. The first-order valence-electron chi connectivity index (χ1n) is 17.4. The van der Waals surface area contributed by atoms with E-state index < -0.39 is 17.4 Å². The lowest BCUT2D eigenvalue weighted by atomic mass is 10.0. The number of fused-ring (bicyclic) bond motifs is 1. The van der Waals surface area contributed by atoms with Crippen LogP contribution in [-0.4, -0.2) is 92.7 Å². The molecule has 1 aliphatic rings. The zero-order valence-corrected chi connectivity index (χ0v) is 30.7. The van der Waals surface area contributed by atoms with Crippen LogP contribution in [0, 0.1) is 12.8 Å². The average Bonchev–Trinajstić information content (AvgIpc) is 3.68. The fourth-order valence-corrected chi connectivity index (χ4v) is 6.65. The second kappa shape index (κ2) is 19.8. The Morgan fingerprint density at radius 1 is 0.981 bits per heavy atom. The van der Waals surface area contributed by atoms with Crippen LogP contribution in [-0.2, 0) is 0 Å². The number of piperidine rings is 1. The molecule has 5 aromatic rings. The molecule has 0 unspecified atom stereocenters. The molecule has 0 bridgehead atoms. The van der Waals surface area contributed by atoms with Crippen LogP contribution in [0.25, 0.3) is 44.0 Å². The Kier molecular flexibility index (Phi) is 15.0. The molecule has 1 saturated heterocycles. The number of aromatic amines is 1. The molecule has 0 radical (unpaired) electrons. The summed E-state index contributed by atoms with van der Waals surface area (Å²) in [6.07, 6.45) is 16.4. The molecular weight excluding hydrogens is 677 g/mol. The van der Waals surface area contributed by atoms with E-state index in [9.17, 15) is 19.5 Å². The highest BCUT2D eigenvalue weighted by Crippen LogP contribution is 2.36. The predicted molar refractivity (Wildman–Crippen MR) is 210 cm³/mol. The minimum absolute atomic E-state index is 0.185. The first kappa shape index (κ1) is 39.4. The van der Waals surface area contributed by atoms with Gasteiger partial charge in [0.25, 0.3) is 0 Å². The van der Waals surface area contributed by atoms with Crippen LogP contribution >= 0.6 is 11.3 Å². The van der Waals surface area contributed by atoms with Crippen molar-refractivity contribution in [3.63, 3.8) is 0 Å². The number of terminal acetylenes is 1. The average molecular weight is 723 g/mol. The van der Waals surface area contributed by atoms with E-state index in [2.05, 4.69) is 62.1 Å². The summed E-state index contributed by atoms with van der Waals surface area (Å²) in [5.41, 5.74) is 2.79. The van der Waals surface area contributed by atoms with E-state index in [4.69, 9.17) is 4.98 Å². The zero-order chi connectivity index (χ0) is 37.5. The number of anilines is 1. The van der Waals surface area contributed by atoms with Crippen LogP contribution in [0.4, 0.5) is 10.6 Å². The highest BCUT2D eigenvalue weighted by Gasteiger charge is 2.18. The molecule has 6 rings (SSSR count). The molecule has 4 aromatic heterocycles. The molecule has 0 aliphatic carbocycles. The van der Waals surface area contributed by atoms with Crippen molar-refractivity contribution in [2.75, 3.05) is 51.1 Å². The number of carbonyl (C=O) groups is 2. The molecule has 2 amide bonds. The van der Waals surface area contributed by atoms with Crippen LogP contribution < -0.4 is 16.1 Å². The van der Waals surface area contributed by atoms with E-state index in [0.29, 0.717) is 39.7 Å². The van der Waals surface area contributed by atoms with Crippen molar-refractivity contribution in [1.82, 2.24) is 35.1 Å². The van der Waals surface area contributed by atoms with Crippen molar-refractivity contribution in [2.24, 2.45) is 0 Å². The highest BCUT2D eigenvalue weighted by molar-refractivity contribution is 7.13. The molecule has 13 heteroatoms. The molecular formula is C39H46N8O4S. The largest absolute Gasteiger partial charge is 0.477 e. The summed E-state index contributed by atoms with van der Waals surface area (Å²) in [6.45, 7) is 14.4. The Morgan fingerprint density at radius 2 is 1.71 bits per heavy atom. The number of benzene rings is 1. The summed E-state index contributed by atoms with van der Waals surface area (Å²) >= 11 is 1.42. The standard InChI is InChI=1S/C26H20N6O4S.C11H24N2.C2H2/c1-2-27-26(36)32-22-9-15(24-31-21(13-37-24)14-6-4-3-5-7-14)17(10-30-22)19-8-16-20(12-29-19)28-11-18(23(16)33)25(34)35;1-3-12(4-2)10-11-13-8-6-5-7-9-13;1-2/h3-13H,2H2,1H3,(H,28,33)(H,34,35)(H2,27,30,32,36);3-11H2,1-2H3;1-2H. The molecule has 0 saturated carbocycles. The monoisotopic (exact) mass is 722 g/mol. The van der Waals surface area contributed by atoms with Gasteiger partial charge in [-0.3, -0.25) is 15.1 Å². The predicted octanol–water partition coefficient (Wildman–Crippen LogP) is 6.68. The zero-order valence-electron chi connectivity index (χ0n) is 29.9. The Bertz CT molecular complexity index is 2000. The third-order valence-corrected chi connectivity index (χ3v) is 9.51. The van der Waals surface area contributed by atoms with E-state index in [1.165, 1.54) is 82.1 Å².